The van der Waals surface area contributed by atoms with Crippen LogP contribution in [0, 0.1) is 0 Å². The summed E-state index contributed by atoms with van der Waals surface area (Å²) < 4.78 is 11.3. The predicted molar refractivity (Wildman–Crippen MR) is 95.9 cm³/mol. The largest absolute Gasteiger partial charge is 0.481 e. The van der Waals surface area contributed by atoms with Crippen molar-refractivity contribution < 1.29 is 14.6 Å². The molecule has 128 valence electrons. The molecule has 3 aromatic rings. The maximum Gasteiger partial charge on any atom is 0.227 e. The normalized spacial score (nSPS) is 10.5. The molecule has 0 aliphatic heterocycles. The highest BCUT2D eigenvalue weighted by molar-refractivity contribution is 5.73. The van der Waals surface area contributed by atoms with Gasteiger partial charge in [-0.2, -0.15) is 0 Å². The lowest BCUT2D eigenvalue weighted by Gasteiger charge is -2.12. The van der Waals surface area contributed by atoms with E-state index >= 15 is 0 Å². The minimum Gasteiger partial charge on any atom is -0.481 e. The molecule has 0 bridgehead atoms. The van der Waals surface area contributed by atoms with Crippen molar-refractivity contribution in [3.05, 3.63) is 66.5 Å². The summed E-state index contributed by atoms with van der Waals surface area (Å²) in [7, 11) is 1.59. The highest BCUT2D eigenvalue weighted by Gasteiger charge is 2.13. The maximum absolute atomic E-state index is 8.91. The van der Waals surface area contributed by atoms with Gasteiger partial charge < -0.3 is 14.6 Å². The number of aromatic nitrogens is 2. The standard InChI is InChI=1S/C20H20N2O3/c1-24-19-17(6-2-12-21-19)18-7-3-13-22-20(18)25-16-10-8-15(9-11-16)5-4-14-23/h2-3,6-13,23H,4-5,14H2,1H3. The Morgan fingerprint density at radius 1 is 0.880 bits per heavy atom. The van der Waals surface area contributed by atoms with Crippen molar-refractivity contribution >= 4 is 0 Å². The topological polar surface area (TPSA) is 64.5 Å². The van der Waals surface area contributed by atoms with Gasteiger partial charge in [-0.3, -0.25) is 0 Å². The minimum atomic E-state index is 0.197. The van der Waals surface area contributed by atoms with E-state index in [1.54, 1.807) is 19.5 Å². The minimum absolute atomic E-state index is 0.197. The average Bonchev–Trinajstić information content (AvgIpc) is 2.68. The molecule has 2 heterocycles. The molecular formula is C20H20N2O3. The van der Waals surface area contributed by atoms with E-state index in [1.807, 2.05) is 48.5 Å². The number of hydrogen-bond donors (Lipinski definition) is 1. The Hall–Kier alpha value is -2.92. The van der Waals surface area contributed by atoms with Crippen LogP contribution in [0.2, 0.25) is 0 Å². The quantitative estimate of drug-likeness (QED) is 0.709. The molecule has 0 saturated heterocycles. The van der Waals surface area contributed by atoms with Gasteiger partial charge in [0, 0.05) is 30.1 Å². The van der Waals surface area contributed by atoms with Gasteiger partial charge >= 0.3 is 0 Å². The number of ether oxygens (including phenoxy) is 2. The molecule has 3 rings (SSSR count). The van der Waals surface area contributed by atoms with Crippen LogP contribution in [0.15, 0.2) is 60.9 Å². The molecule has 5 heteroatoms. The van der Waals surface area contributed by atoms with Crippen molar-refractivity contribution in [1.29, 1.82) is 0 Å². The van der Waals surface area contributed by atoms with Crippen molar-refractivity contribution in [2.45, 2.75) is 12.8 Å². The fourth-order valence-corrected chi connectivity index (χ4v) is 2.55. The van der Waals surface area contributed by atoms with Gasteiger partial charge in [-0.1, -0.05) is 12.1 Å². The summed E-state index contributed by atoms with van der Waals surface area (Å²) in [5, 5.41) is 8.91. The van der Waals surface area contributed by atoms with E-state index in [9.17, 15) is 0 Å². The molecular weight excluding hydrogens is 316 g/mol. The van der Waals surface area contributed by atoms with Crippen LogP contribution in [0.1, 0.15) is 12.0 Å². The SMILES string of the molecule is COc1ncccc1-c1cccnc1Oc1ccc(CCCO)cc1. The average molecular weight is 336 g/mol. The van der Waals surface area contributed by atoms with Crippen molar-refractivity contribution in [3.63, 3.8) is 0 Å². The molecule has 0 atom stereocenters. The molecule has 0 amide bonds. The summed E-state index contributed by atoms with van der Waals surface area (Å²) in [6.45, 7) is 0.197. The Labute approximate surface area is 146 Å². The van der Waals surface area contributed by atoms with Gasteiger partial charge in [-0.05, 0) is 54.8 Å². The zero-order chi connectivity index (χ0) is 17.5. The predicted octanol–water partition coefficient (Wildman–Crippen LogP) is 3.87. The fourth-order valence-electron chi connectivity index (χ4n) is 2.55. The Balaban J connectivity index is 1.86. The van der Waals surface area contributed by atoms with E-state index < -0.39 is 0 Å². The smallest absolute Gasteiger partial charge is 0.227 e. The van der Waals surface area contributed by atoms with Gasteiger partial charge in [-0.15, -0.1) is 0 Å². The molecule has 0 saturated carbocycles. The molecule has 5 nitrogen and oxygen atoms in total. The van der Waals surface area contributed by atoms with Gasteiger partial charge in [0.05, 0.1) is 7.11 Å². The Kier molecular flexibility index (Phi) is 5.59. The summed E-state index contributed by atoms with van der Waals surface area (Å²) in [4.78, 5) is 8.60. The number of aliphatic hydroxyl groups is 1. The van der Waals surface area contributed by atoms with Crippen LogP contribution in [0.4, 0.5) is 0 Å². The number of hydrogen-bond acceptors (Lipinski definition) is 5. The van der Waals surface area contributed by atoms with Crippen LogP contribution in [0.3, 0.4) is 0 Å². The van der Waals surface area contributed by atoms with E-state index in [4.69, 9.17) is 14.6 Å². The van der Waals surface area contributed by atoms with Gasteiger partial charge in [-0.25, -0.2) is 9.97 Å². The zero-order valence-corrected chi connectivity index (χ0v) is 14.1. The lowest BCUT2D eigenvalue weighted by molar-refractivity contribution is 0.288. The second-order valence-corrected chi connectivity index (χ2v) is 5.49. The Morgan fingerprint density at radius 2 is 1.52 bits per heavy atom. The summed E-state index contributed by atoms with van der Waals surface area (Å²) in [6, 6.07) is 15.4. The fraction of sp³-hybridized carbons (Fsp3) is 0.200. The first-order valence-electron chi connectivity index (χ1n) is 8.14. The Bertz CT molecular complexity index is 819. The monoisotopic (exact) mass is 336 g/mol. The van der Waals surface area contributed by atoms with Crippen LogP contribution in [-0.2, 0) is 6.42 Å². The van der Waals surface area contributed by atoms with Crippen molar-refractivity contribution in [1.82, 2.24) is 9.97 Å². The summed E-state index contributed by atoms with van der Waals surface area (Å²) >= 11 is 0. The highest BCUT2D eigenvalue weighted by atomic mass is 16.5. The first kappa shape index (κ1) is 16.9. The lowest BCUT2D eigenvalue weighted by atomic mass is 10.1. The molecule has 2 aromatic heterocycles. The van der Waals surface area contributed by atoms with Crippen LogP contribution in [-0.4, -0.2) is 28.8 Å². The number of aryl methyl sites for hydroxylation is 1. The maximum atomic E-state index is 8.91. The van der Waals surface area contributed by atoms with Crippen LogP contribution in [0.5, 0.6) is 17.5 Å². The van der Waals surface area contributed by atoms with Gasteiger partial charge in [0.1, 0.15) is 5.75 Å². The Morgan fingerprint density at radius 3 is 2.16 bits per heavy atom. The van der Waals surface area contributed by atoms with Gasteiger partial charge in [0.25, 0.3) is 0 Å². The summed E-state index contributed by atoms with van der Waals surface area (Å²) in [6.07, 6.45) is 4.98. The second kappa shape index (κ2) is 8.26. The van der Waals surface area contributed by atoms with Gasteiger partial charge in [0.15, 0.2) is 0 Å². The number of aliphatic hydroxyl groups excluding tert-OH is 1. The van der Waals surface area contributed by atoms with Crippen molar-refractivity contribution in [3.8, 4) is 28.6 Å². The first-order valence-corrected chi connectivity index (χ1v) is 8.14. The van der Waals surface area contributed by atoms with E-state index in [0.717, 1.165) is 29.5 Å². The second-order valence-electron chi connectivity index (χ2n) is 5.49. The summed E-state index contributed by atoms with van der Waals surface area (Å²) in [5.74, 6) is 1.73. The van der Waals surface area contributed by atoms with E-state index in [-0.39, 0.29) is 6.61 Å². The molecule has 1 aromatic carbocycles. The molecule has 0 spiro atoms. The number of rotatable bonds is 7. The van der Waals surface area contributed by atoms with Crippen LogP contribution >= 0.6 is 0 Å². The highest BCUT2D eigenvalue weighted by Crippen LogP contribution is 2.35. The third-order valence-corrected chi connectivity index (χ3v) is 3.79. The number of pyridine rings is 2. The van der Waals surface area contributed by atoms with Gasteiger partial charge in [0.2, 0.25) is 11.8 Å². The molecule has 1 N–H and O–H groups in total. The molecule has 0 aliphatic carbocycles. The van der Waals surface area contributed by atoms with E-state index in [0.29, 0.717) is 17.5 Å². The summed E-state index contributed by atoms with van der Waals surface area (Å²) in [5.41, 5.74) is 2.81. The van der Waals surface area contributed by atoms with E-state index in [2.05, 4.69) is 9.97 Å². The van der Waals surface area contributed by atoms with Crippen molar-refractivity contribution in [2.75, 3.05) is 13.7 Å². The number of benzene rings is 1. The van der Waals surface area contributed by atoms with Crippen molar-refractivity contribution in [2.24, 2.45) is 0 Å². The lowest BCUT2D eigenvalue weighted by Crippen LogP contribution is -1.95. The van der Waals surface area contributed by atoms with Crippen LogP contribution < -0.4 is 9.47 Å². The first-order chi connectivity index (χ1) is 12.3. The van der Waals surface area contributed by atoms with E-state index in [1.165, 1.54) is 0 Å². The molecule has 0 unspecified atom stereocenters. The van der Waals surface area contributed by atoms with Crippen LogP contribution in [0.25, 0.3) is 11.1 Å². The molecule has 0 fully saturated rings. The molecule has 0 aliphatic rings. The molecule has 25 heavy (non-hydrogen) atoms. The molecule has 0 radical (unpaired) electrons. The zero-order valence-electron chi connectivity index (χ0n) is 14.1. The number of nitrogens with zero attached hydrogens (tertiary/aromatic N) is 2. The third-order valence-electron chi connectivity index (χ3n) is 3.79. The number of methoxy groups -OCH3 is 1. The third kappa shape index (κ3) is 4.14.